The lowest BCUT2D eigenvalue weighted by Gasteiger charge is -2.30. The largest absolute Gasteiger partial charge is 0.265 e. The molecule has 0 amide bonds. The number of allylic oxidation sites excluding steroid dienone is 2. The standard InChI is InChI=1S/C13H25N/c1-7-9-12(14-10-8-2)13(5,6)11(3)4/h9-11H,7-8H2,1-6H3/b12-9+,14-10?. The topological polar surface area (TPSA) is 12.4 Å². The molecule has 0 saturated carbocycles. The molecule has 0 heterocycles. The van der Waals surface area contributed by atoms with Crippen molar-refractivity contribution in [2.24, 2.45) is 16.3 Å². The van der Waals surface area contributed by atoms with E-state index in [-0.39, 0.29) is 5.41 Å². The Bertz CT molecular complexity index is 209. The Balaban J connectivity index is 4.82. The summed E-state index contributed by atoms with van der Waals surface area (Å²) in [5.41, 5.74) is 1.42. The Kier molecular flexibility index (Phi) is 5.75. The molecule has 0 aromatic rings. The van der Waals surface area contributed by atoms with Gasteiger partial charge in [0, 0.05) is 17.3 Å². The number of nitrogens with zero attached hydrogens (tertiary/aromatic N) is 1. The van der Waals surface area contributed by atoms with E-state index in [1.54, 1.807) is 0 Å². The Morgan fingerprint density at radius 3 is 2.14 bits per heavy atom. The normalized spacial score (nSPS) is 14.4. The van der Waals surface area contributed by atoms with Gasteiger partial charge in [0.2, 0.25) is 0 Å². The average molecular weight is 195 g/mol. The molecule has 14 heavy (non-hydrogen) atoms. The summed E-state index contributed by atoms with van der Waals surface area (Å²) in [6, 6.07) is 0. The van der Waals surface area contributed by atoms with Crippen LogP contribution >= 0.6 is 0 Å². The minimum atomic E-state index is 0.182. The highest BCUT2D eigenvalue weighted by molar-refractivity contribution is 5.58. The maximum absolute atomic E-state index is 4.56. The lowest BCUT2D eigenvalue weighted by Crippen LogP contribution is -2.21. The second-order valence-corrected chi connectivity index (χ2v) is 4.59. The van der Waals surface area contributed by atoms with E-state index in [4.69, 9.17) is 0 Å². The molecule has 0 fully saturated rings. The molecule has 0 bridgehead atoms. The Hall–Kier alpha value is -0.590. The average Bonchev–Trinajstić information content (AvgIpc) is 2.11. The maximum Gasteiger partial charge on any atom is 0.0418 e. The smallest absolute Gasteiger partial charge is 0.0418 e. The fourth-order valence-corrected chi connectivity index (χ4v) is 1.16. The van der Waals surface area contributed by atoms with Crippen LogP contribution in [0.5, 0.6) is 0 Å². The van der Waals surface area contributed by atoms with E-state index in [1.807, 2.05) is 6.21 Å². The number of hydrogen-bond donors (Lipinski definition) is 0. The van der Waals surface area contributed by atoms with Gasteiger partial charge in [0.1, 0.15) is 0 Å². The van der Waals surface area contributed by atoms with Crippen molar-refractivity contribution in [3.63, 3.8) is 0 Å². The van der Waals surface area contributed by atoms with Crippen molar-refractivity contribution >= 4 is 6.21 Å². The van der Waals surface area contributed by atoms with Crippen LogP contribution in [0.4, 0.5) is 0 Å². The van der Waals surface area contributed by atoms with Gasteiger partial charge in [0.05, 0.1) is 0 Å². The Morgan fingerprint density at radius 1 is 1.21 bits per heavy atom. The van der Waals surface area contributed by atoms with Crippen LogP contribution in [0.3, 0.4) is 0 Å². The highest BCUT2D eigenvalue weighted by Gasteiger charge is 2.26. The molecule has 0 spiro atoms. The number of hydrogen-bond acceptors (Lipinski definition) is 1. The van der Waals surface area contributed by atoms with E-state index < -0.39 is 0 Å². The zero-order valence-electron chi connectivity index (χ0n) is 10.6. The molecular weight excluding hydrogens is 170 g/mol. The molecule has 0 rings (SSSR count). The summed E-state index contributed by atoms with van der Waals surface area (Å²) >= 11 is 0. The van der Waals surface area contributed by atoms with Crippen molar-refractivity contribution in [3.05, 3.63) is 11.8 Å². The lowest BCUT2D eigenvalue weighted by atomic mass is 9.78. The summed E-state index contributed by atoms with van der Waals surface area (Å²) in [6.07, 6.45) is 6.32. The molecular formula is C13H25N. The highest BCUT2D eigenvalue weighted by Crippen LogP contribution is 2.35. The summed E-state index contributed by atoms with van der Waals surface area (Å²) < 4.78 is 0. The van der Waals surface area contributed by atoms with Crippen LogP contribution in [0, 0.1) is 11.3 Å². The van der Waals surface area contributed by atoms with Gasteiger partial charge in [0.25, 0.3) is 0 Å². The van der Waals surface area contributed by atoms with Gasteiger partial charge in [-0.1, -0.05) is 47.6 Å². The van der Waals surface area contributed by atoms with E-state index in [9.17, 15) is 0 Å². The molecule has 0 aliphatic carbocycles. The van der Waals surface area contributed by atoms with Crippen molar-refractivity contribution in [1.82, 2.24) is 0 Å². The van der Waals surface area contributed by atoms with Crippen molar-refractivity contribution in [2.45, 2.75) is 54.4 Å². The quantitative estimate of drug-likeness (QED) is 0.575. The minimum absolute atomic E-state index is 0.182. The third-order valence-corrected chi connectivity index (χ3v) is 2.91. The summed E-state index contributed by atoms with van der Waals surface area (Å²) in [5.74, 6) is 0.620. The monoisotopic (exact) mass is 195 g/mol. The van der Waals surface area contributed by atoms with Gasteiger partial charge in [0.15, 0.2) is 0 Å². The predicted molar refractivity (Wildman–Crippen MR) is 65.8 cm³/mol. The Labute approximate surface area is 89.3 Å². The van der Waals surface area contributed by atoms with Crippen LogP contribution < -0.4 is 0 Å². The maximum atomic E-state index is 4.56. The van der Waals surface area contributed by atoms with Crippen LogP contribution in [0.2, 0.25) is 0 Å². The molecule has 1 nitrogen and oxygen atoms in total. The van der Waals surface area contributed by atoms with Gasteiger partial charge in [-0.3, -0.25) is 4.99 Å². The summed E-state index contributed by atoms with van der Waals surface area (Å²) in [7, 11) is 0. The van der Waals surface area contributed by atoms with E-state index in [1.165, 1.54) is 5.70 Å². The lowest BCUT2D eigenvalue weighted by molar-refractivity contribution is 0.306. The molecule has 0 aromatic heterocycles. The third-order valence-electron chi connectivity index (χ3n) is 2.91. The third kappa shape index (κ3) is 3.65. The van der Waals surface area contributed by atoms with Gasteiger partial charge >= 0.3 is 0 Å². The van der Waals surface area contributed by atoms with Crippen molar-refractivity contribution in [2.75, 3.05) is 0 Å². The second kappa shape index (κ2) is 6.00. The fourth-order valence-electron chi connectivity index (χ4n) is 1.16. The SMILES string of the molecule is CCC=N/C(=C/CC)C(C)(C)C(C)C. The summed E-state index contributed by atoms with van der Waals surface area (Å²) in [6.45, 7) is 13.3. The van der Waals surface area contributed by atoms with Gasteiger partial charge in [-0.15, -0.1) is 0 Å². The van der Waals surface area contributed by atoms with Crippen molar-refractivity contribution < 1.29 is 0 Å². The van der Waals surface area contributed by atoms with Gasteiger partial charge in [-0.2, -0.15) is 0 Å². The molecule has 1 heteroatoms. The van der Waals surface area contributed by atoms with E-state index in [2.05, 4.69) is 52.6 Å². The van der Waals surface area contributed by atoms with Crippen LogP contribution in [0.25, 0.3) is 0 Å². The van der Waals surface area contributed by atoms with Crippen molar-refractivity contribution in [3.8, 4) is 0 Å². The number of aliphatic imine (C=N–C) groups is 1. The van der Waals surface area contributed by atoms with E-state index >= 15 is 0 Å². The van der Waals surface area contributed by atoms with E-state index in [0.717, 1.165) is 12.8 Å². The molecule has 0 atom stereocenters. The summed E-state index contributed by atoms with van der Waals surface area (Å²) in [5, 5.41) is 0. The minimum Gasteiger partial charge on any atom is -0.265 e. The van der Waals surface area contributed by atoms with E-state index in [0.29, 0.717) is 5.92 Å². The molecule has 0 aliphatic heterocycles. The van der Waals surface area contributed by atoms with Crippen LogP contribution in [0.1, 0.15) is 54.4 Å². The highest BCUT2D eigenvalue weighted by atomic mass is 14.8. The molecule has 82 valence electrons. The molecule has 0 unspecified atom stereocenters. The molecule has 0 saturated heterocycles. The van der Waals surface area contributed by atoms with Gasteiger partial charge in [-0.05, 0) is 18.8 Å². The van der Waals surface area contributed by atoms with Crippen LogP contribution in [-0.4, -0.2) is 6.21 Å². The van der Waals surface area contributed by atoms with Crippen molar-refractivity contribution in [1.29, 1.82) is 0 Å². The van der Waals surface area contributed by atoms with Crippen LogP contribution in [-0.2, 0) is 0 Å². The molecule has 0 N–H and O–H groups in total. The fraction of sp³-hybridized carbons (Fsp3) is 0.769. The predicted octanol–water partition coefficient (Wildman–Crippen LogP) is 4.44. The van der Waals surface area contributed by atoms with Crippen LogP contribution in [0.15, 0.2) is 16.8 Å². The first-order chi connectivity index (χ1) is 6.46. The zero-order valence-corrected chi connectivity index (χ0v) is 10.6. The molecule has 0 radical (unpaired) electrons. The first-order valence-corrected chi connectivity index (χ1v) is 5.69. The second-order valence-electron chi connectivity index (χ2n) is 4.59. The Morgan fingerprint density at radius 2 is 1.79 bits per heavy atom. The first-order valence-electron chi connectivity index (χ1n) is 5.69. The van der Waals surface area contributed by atoms with Gasteiger partial charge in [-0.25, -0.2) is 0 Å². The molecule has 0 aromatic carbocycles. The van der Waals surface area contributed by atoms with Gasteiger partial charge < -0.3 is 0 Å². The summed E-state index contributed by atoms with van der Waals surface area (Å²) in [4.78, 5) is 4.56. The zero-order chi connectivity index (χ0) is 11.2. The molecule has 0 aliphatic rings. The first kappa shape index (κ1) is 13.4. The number of rotatable bonds is 5.